The molecule has 2 N–H and O–H groups in total. The molecule has 0 saturated heterocycles. The van der Waals surface area contributed by atoms with E-state index in [1.807, 2.05) is 38.2 Å². The Labute approximate surface area is 205 Å². The summed E-state index contributed by atoms with van der Waals surface area (Å²) in [6.07, 6.45) is 3.00. The first-order valence-corrected chi connectivity index (χ1v) is 11.3. The maximum absolute atomic E-state index is 11.7. The van der Waals surface area contributed by atoms with Gasteiger partial charge in [0.2, 0.25) is 0 Å². The molecule has 9 heteroatoms. The summed E-state index contributed by atoms with van der Waals surface area (Å²) in [5.41, 5.74) is 2.24. The Bertz CT molecular complexity index is 852. The van der Waals surface area contributed by atoms with E-state index in [1.165, 1.54) is 5.56 Å². The van der Waals surface area contributed by atoms with Crippen molar-refractivity contribution in [3.05, 3.63) is 45.9 Å². The lowest BCUT2D eigenvalue weighted by Gasteiger charge is -2.21. The van der Waals surface area contributed by atoms with Gasteiger partial charge in [0.05, 0.1) is 17.2 Å². The number of nitrogens with zero attached hydrogens (tertiary/aromatic N) is 3. The van der Waals surface area contributed by atoms with Crippen LogP contribution in [0.2, 0.25) is 0 Å². The topological polar surface area (TPSA) is 78.9 Å². The van der Waals surface area contributed by atoms with Crippen molar-refractivity contribution in [3.63, 3.8) is 0 Å². The first-order valence-electron chi connectivity index (χ1n) is 10.4. The third kappa shape index (κ3) is 9.02. The van der Waals surface area contributed by atoms with Gasteiger partial charge in [-0.1, -0.05) is 12.1 Å². The van der Waals surface area contributed by atoms with Gasteiger partial charge in [-0.3, -0.25) is 9.79 Å². The number of carbonyl (C=O) groups excluding carboxylic acids is 1. The fourth-order valence-corrected chi connectivity index (χ4v) is 3.56. The van der Waals surface area contributed by atoms with Gasteiger partial charge in [0.25, 0.3) is 5.91 Å². The molecule has 0 aliphatic heterocycles. The number of aromatic nitrogens is 1. The van der Waals surface area contributed by atoms with Crippen molar-refractivity contribution in [2.75, 3.05) is 26.7 Å². The molecule has 1 saturated carbocycles. The quantitative estimate of drug-likeness (QED) is 0.266. The third-order valence-corrected chi connectivity index (χ3v) is 5.48. The molecule has 7 nitrogen and oxygen atoms in total. The van der Waals surface area contributed by atoms with Gasteiger partial charge in [0.15, 0.2) is 12.6 Å². The van der Waals surface area contributed by atoms with Gasteiger partial charge >= 0.3 is 0 Å². The standard InChI is InChI=1S/C22H31N5O2S.HI/c1-4-23-22(27(3)13-19-15-30-16(2)25-19)24-12-11-17-5-9-20(10-6-17)29-14-21(28)26-18-7-8-18;/h5-6,9-10,15,18H,4,7-8,11-14H2,1-3H3,(H,23,24)(H,26,28);1H. The van der Waals surface area contributed by atoms with Crippen molar-refractivity contribution >= 4 is 47.2 Å². The number of aliphatic imine (C=N–C) groups is 1. The van der Waals surface area contributed by atoms with Crippen LogP contribution in [0.1, 0.15) is 36.0 Å². The lowest BCUT2D eigenvalue weighted by Crippen LogP contribution is -2.38. The zero-order valence-electron chi connectivity index (χ0n) is 18.4. The molecule has 1 fully saturated rings. The molecule has 0 spiro atoms. The fraction of sp³-hybridized carbons (Fsp3) is 0.500. The van der Waals surface area contributed by atoms with Gasteiger partial charge in [0, 0.05) is 31.6 Å². The van der Waals surface area contributed by atoms with Crippen LogP contribution < -0.4 is 15.4 Å². The molecule has 3 rings (SSSR count). The second-order valence-electron chi connectivity index (χ2n) is 7.47. The molecule has 1 heterocycles. The van der Waals surface area contributed by atoms with E-state index in [1.54, 1.807) is 11.3 Å². The van der Waals surface area contributed by atoms with Gasteiger partial charge in [-0.05, 0) is 50.8 Å². The summed E-state index contributed by atoms with van der Waals surface area (Å²) in [6.45, 7) is 6.40. The summed E-state index contributed by atoms with van der Waals surface area (Å²) in [6, 6.07) is 8.23. The van der Waals surface area contributed by atoms with Crippen LogP contribution in [0.4, 0.5) is 0 Å². The highest BCUT2D eigenvalue weighted by Gasteiger charge is 2.23. The predicted octanol–water partition coefficient (Wildman–Crippen LogP) is 3.37. The largest absolute Gasteiger partial charge is 0.484 e. The van der Waals surface area contributed by atoms with Crippen LogP contribution in [0.15, 0.2) is 34.6 Å². The van der Waals surface area contributed by atoms with Crippen molar-refractivity contribution in [3.8, 4) is 5.75 Å². The van der Waals surface area contributed by atoms with Crippen molar-refractivity contribution in [2.45, 2.75) is 45.7 Å². The number of hydrogen-bond acceptors (Lipinski definition) is 5. The zero-order chi connectivity index (χ0) is 21.3. The van der Waals surface area contributed by atoms with Crippen LogP contribution in [-0.4, -0.2) is 54.5 Å². The Morgan fingerprint density at radius 1 is 1.32 bits per heavy atom. The van der Waals surface area contributed by atoms with Crippen molar-refractivity contribution < 1.29 is 9.53 Å². The summed E-state index contributed by atoms with van der Waals surface area (Å²) in [5, 5.41) is 9.43. The number of rotatable bonds is 10. The van der Waals surface area contributed by atoms with Crippen LogP contribution in [0.5, 0.6) is 5.75 Å². The van der Waals surface area contributed by atoms with Crippen molar-refractivity contribution in [1.29, 1.82) is 0 Å². The Morgan fingerprint density at radius 2 is 2.06 bits per heavy atom. The number of guanidine groups is 1. The van der Waals surface area contributed by atoms with Crippen LogP contribution in [0, 0.1) is 6.92 Å². The molecule has 170 valence electrons. The van der Waals surface area contributed by atoms with E-state index in [0.29, 0.717) is 18.3 Å². The zero-order valence-corrected chi connectivity index (χ0v) is 21.5. The van der Waals surface area contributed by atoms with Gasteiger partial charge in [-0.15, -0.1) is 35.3 Å². The van der Waals surface area contributed by atoms with E-state index in [9.17, 15) is 4.79 Å². The van der Waals surface area contributed by atoms with Crippen LogP contribution in [0.3, 0.4) is 0 Å². The maximum atomic E-state index is 11.7. The average molecular weight is 558 g/mol. The Kier molecular flexibility index (Phi) is 10.5. The molecule has 1 aromatic carbocycles. The molecule has 0 atom stereocenters. The smallest absolute Gasteiger partial charge is 0.258 e. The van der Waals surface area contributed by atoms with E-state index in [4.69, 9.17) is 9.73 Å². The minimum atomic E-state index is -0.0520. The molecule has 1 aliphatic rings. The summed E-state index contributed by atoms with van der Waals surface area (Å²) in [4.78, 5) is 23.1. The lowest BCUT2D eigenvalue weighted by atomic mass is 10.1. The van der Waals surface area contributed by atoms with Crippen molar-refractivity contribution in [1.82, 2.24) is 20.5 Å². The molecule has 0 unspecified atom stereocenters. The first-order chi connectivity index (χ1) is 14.5. The second kappa shape index (κ2) is 12.8. The van der Waals surface area contributed by atoms with E-state index in [2.05, 4.69) is 32.8 Å². The van der Waals surface area contributed by atoms with Crippen LogP contribution >= 0.6 is 35.3 Å². The predicted molar refractivity (Wildman–Crippen MR) is 137 cm³/mol. The van der Waals surface area contributed by atoms with Crippen LogP contribution in [0.25, 0.3) is 0 Å². The van der Waals surface area contributed by atoms with E-state index in [-0.39, 0.29) is 36.5 Å². The normalized spacial score (nSPS) is 13.3. The number of ether oxygens (including phenoxy) is 1. The highest BCUT2D eigenvalue weighted by molar-refractivity contribution is 14.0. The monoisotopic (exact) mass is 557 g/mol. The molecule has 0 bridgehead atoms. The third-order valence-electron chi connectivity index (χ3n) is 4.66. The number of nitrogens with one attached hydrogen (secondary N) is 2. The van der Waals surface area contributed by atoms with Gasteiger partial charge < -0.3 is 20.3 Å². The summed E-state index contributed by atoms with van der Waals surface area (Å²) in [5.74, 6) is 1.54. The fourth-order valence-electron chi connectivity index (χ4n) is 2.96. The average Bonchev–Trinajstić information content (AvgIpc) is 3.45. The molecule has 1 amide bonds. The number of carbonyl (C=O) groups is 1. The summed E-state index contributed by atoms with van der Waals surface area (Å²) in [7, 11) is 2.03. The minimum Gasteiger partial charge on any atom is -0.484 e. The number of halogens is 1. The number of benzene rings is 1. The molecule has 1 aliphatic carbocycles. The first kappa shape index (κ1) is 25.4. The van der Waals surface area contributed by atoms with Gasteiger partial charge in [0.1, 0.15) is 5.75 Å². The molecule has 31 heavy (non-hydrogen) atoms. The maximum Gasteiger partial charge on any atom is 0.258 e. The molecule has 1 aromatic heterocycles. The number of aryl methyl sites for hydroxylation is 1. The Balaban J connectivity index is 0.00000341. The SMILES string of the molecule is CCNC(=NCCc1ccc(OCC(=O)NC2CC2)cc1)N(C)Cc1csc(C)n1.I. The Morgan fingerprint density at radius 3 is 2.68 bits per heavy atom. The molecule has 2 aromatic rings. The number of thiazole rings is 1. The van der Waals surface area contributed by atoms with Gasteiger partial charge in [-0.2, -0.15) is 0 Å². The minimum absolute atomic E-state index is 0. The molecular formula is C22H32IN5O2S. The summed E-state index contributed by atoms with van der Waals surface area (Å²) >= 11 is 1.67. The lowest BCUT2D eigenvalue weighted by molar-refractivity contribution is -0.123. The second-order valence-corrected chi connectivity index (χ2v) is 8.54. The van der Waals surface area contributed by atoms with Crippen LogP contribution in [-0.2, 0) is 17.8 Å². The molecule has 0 radical (unpaired) electrons. The summed E-state index contributed by atoms with van der Waals surface area (Å²) < 4.78 is 5.55. The highest BCUT2D eigenvalue weighted by Crippen LogP contribution is 2.18. The van der Waals surface area contributed by atoms with E-state index in [0.717, 1.165) is 49.0 Å². The highest BCUT2D eigenvalue weighted by atomic mass is 127. The number of hydrogen-bond donors (Lipinski definition) is 2. The van der Waals surface area contributed by atoms with Gasteiger partial charge in [-0.25, -0.2) is 4.98 Å². The number of amides is 1. The Hall–Kier alpha value is -1.88. The van der Waals surface area contributed by atoms with E-state index >= 15 is 0 Å². The van der Waals surface area contributed by atoms with E-state index < -0.39 is 0 Å². The van der Waals surface area contributed by atoms with Crippen molar-refractivity contribution in [2.24, 2.45) is 4.99 Å². The molecular weight excluding hydrogens is 525 g/mol.